The number of rotatable bonds is 6. The highest BCUT2D eigenvalue weighted by atomic mass is 16.3. The number of nitrogens with zero attached hydrogens (tertiary/aromatic N) is 2. The summed E-state index contributed by atoms with van der Waals surface area (Å²) in [5.74, 6) is 0.0557. The van der Waals surface area contributed by atoms with Crippen LogP contribution >= 0.6 is 0 Å². The van der Waals surface area contributed by atoms with E-state index in [0.29, 0.717) is 5.82 Å². The molecule has 3 aromatic rings. The van der Waals surface area contributed by atoms with Gasteiger partial charge >= 0.3 is 0 Å². The SMILES string of the molecule is Cc1cc(C)c(NC(=O)C[NH+](C)[C@H](C)/C(O)=C(\C#N)c2nc3ccccc3[nH]2)c(C)c1. The van der Waals surface area contributed by atoms with Crippen LogP contribution in [0.5, 0.6) is 0 Å². The Morgan fingerprint density at radius 2 is 1.90 bits per heavy atom. The van der Waals surface area contributed by atoms with Gasteiger partial charge < -0.3 is 20.3 Å². The number of aliphatic hydroxyl groups excluding tert-OH is 1. The van der Waals surface area contributed by atoms with Crippen LogP contribution in [0.3, 0.4) is 0 Å². The van der Waals surface area contributed by atoms with Crippen LogP contribution in [0.2, 0.25) is 0 Å². The summed E-state index contributed by atoms with van der Waals surface area (Å²) in [6, 6.07) is 13.1. The minimum Gasteiger partial charge on any atom is -0.505 e. The van der Waals surface area contributed by atoms with Crippen molar-refractivity contribution in [1.82, 2.24) is 9.97 Å². The molecule has 0 saturated carbocycles. The molecular weight excluding hydrogens is 390 g/mol. The maximum atomic E-state index is 12.7. The normalized spacial score (nSPS) is 13.9. The number of hydrogen-bond donors (Lipinski definition) is 4. The molecule has 4 N–H and O–H groups in total. The number of aryl methyl sites for hydroxylation is 3. The first-order valence-electron chi connectivity index (χ1n) is 10.2. The quantitative estimate of drug-likeness (QED) is 0.365. The summed E-state index contributed by atoms with van der Waals surface area (Å²) < 4.78 is 0. The third-order valence-corrected chi connectivity index (χ3v) is 5.52. The highest BCUT2D eigenvalue weighted by Gasteiger charge is 2.26. The van der Waals surface area contributed by atoms with Gasteiger partial charge in [0.15, 0.2) is 18.1 Å². The van der Waals surface area contributed by atoms with E-state index in [-0.39, 0.29) is 23.8 Å². The van der Waals surface area contributed by atoms with Gasteiger partial charge in [0.1, 0.15) is 17.7 Å². The zero-order chi connectivity index (χ0) is 22.7. The van der Waals surface area contributed by atoms with Crippen molar-refractivity contribution in [3.63, 3.8) is 0 Å². The van der Waals surface area contributed by atoms with Crippen LogP contribution in [-0.2, 0) is 4.79 Å². The minimum atomic E-state index is -0.478. The lowest BCUT2D eigenvalue weighted by atomic mass is 10.1. The average Bonchev–Trinajstić information content (AvgIpc) is 3.14. The van der Waals surface area contributed by atoms with Crippen molar-refractivity contribution >= 4 is 28.2 Å². The largest absolute Gasteiger partial charge is 0.505 e. The molecule has 0 saturated heterocycles. The van der Waals surface area contributed by atoms with Crippen LogP contribution in [-0.4, -0.2) is 40.6 Å². The summed E-state index contributed by atoms with van der Waals surface area (Å²) in [6.45, 7) is 7.87. The molecule has 0 aliphatic carbocycles. The number of H-pyrrole nitrogens is 1. The topological polar surface area (TPSA) is 106 Å². The number of carbonyl (C=O) groups is 1. The van der Waals surface area contributed by atoms with E-state index in [2.05, 4.69) is 21.4 Å². The van der Waals surface area contributed by atoms with E-state index in [9.17, 15) is 15.2 Å². The molecular formula is C24H28N5O2+. The van der Waals surface area contributed by atoms with Crippen LogP contribution in [0.1, 0.15) is 29.4 Å². The van der Waals surface area contributed by atoms with E-state index in [1.165, 1.54) is 0 Å². The highest BCUT2D eigenvalue weighted by Crippen LogP contribution is 2.22. The second-order valence-corrected chi connectivity index (χ2v) is 8.04. The number of amides is 1. The Labute approximate surface area is 182 Å². The van der Waals surface area contributed by atoms with Crippen molar-refractivity contribution in [3.05, 3.63) is 64.7 Å². The number of aliphatic hydroxyl groups is 1. The number of fused-ring (bicyclic) bond motifs is 1. The molecule has 1 amide bonds. The average molecular weight is 419 g/mol. The second-order valence-electron chi connectivity index (χ2n) is 8.04. The zero-order valence-corrected chi connectivity index (χ0v) is 18.5. The fourth-order valence-corrected chi connectivity index (χ4v) is 3.72. The van der Waals surface area contributed by atoms with Gasteiger partial charge in [0.2, 0.25) is 0 Å². The molecule has 7 nitrogen and oxygen atoms in total. The Balaban J connectivity index is 1.77. The lowest BCUT2D eigenvalue weighted by molar-refractivity contribution is -0.891. The number of nitrogens with one attached hydrogen (secondary N) is 3. The molecule has 0 bridgehead atoms. The minimum absolute atomic E-state index is 0.0775. The van der Waals surface area contributed by atoms with Crippen LogP contribution < -0.4 is 10.2 Å². The van der Waals surface area contributed by atoms with Crippen molar-refractivity contribution in [2.24, 2.45) is 0 Å². The van der Waals surface area contributed by atoms with Crippen molar-refractivity contribution in [1.29, 1.82) is 5.26 Å². The lowest BCUT2D eigenvalue weighted by Gasteiger charge is -2.22. The molecule has 0 aliphatic rings. The van der Waals surface area contributed by atoms with Crippen molar-refractivity contribution in [2.45, 2.75) is 33.7 Å². The molecule has 3 rings (SSSR count). The summed E-state index contributed by atoms with van der Waals surface area (Å²) in [7, 11) is 1.81. The van der Waals surface area contributed by atoms with Gasteiger partial charge in [-0.25, -0.2) is 4.98 Å². The van der Waals surface area contributed by atoms with Gasteiger partial charge in [0.05, 0.1) is 18.1 Å². The number of nitriles is 1. The number of aromatic amines is 1. The van der Waals surface area contributed by atoms with E-state index in [1.54, 1.807) is 6.92 Å². The molecule has 7 heteroatoms. The summed E-state index contributed by atoms with van der Waals surface area (Å²) in [5, 5.41) is 23.4. The van der Waals surface area contributed by atoms with Crippen molar-refractivity contribution < 1.29 is 14.8 Å². The number of anilines is 1. The molecule has 2 aromatic carbocycles. The van der Waals surface area contributed by atoms with Gasteiger partial charge in [0.25, 0.3) is 5.91 Å². The Kier molecular flexibility index (Phi) is 6.42. The summed E-state index contributed by atoms with van der Waals surface area (Å²) in [4.78, 5) is 20.9. The molecule has 2 atom stereocenters. The Bertz CT molecular complexity index is 1150. The number of aromatic nitrogens is 2. The van der Waals surface area contributed by atoms with Crippen molar-refractivity contribution in [3.8, 4) is 6.07 Å². The van der Waals surface area contributed by atoms with E-state index >= 15 is 0 Å². The number of carbonyl (C=O) groups excluding carboxylic acids is 1. The number of benzene rings is 2. The number of allylic oxidation sites excluding steroid dienone is 1. The maximum Gasteiger partial charge on any atom is 0.279 e. The predicted molar refractivity (Wildman–Crippen MR) is 122 cm³/mol. The van der Waals surface area contributed by atoms with Gasteiger partial charge in [-0.1, -0.05) is 29.8 Å². The second kappa shape index (κ2) is 9.02. The number of para-hydroxylation sites is 2. The van der Waals surface area contributed by atoms with Gasteiger partial charge in [-0.3, -0.25) is 4.79 Å². The Morgan fingerprint density at radius 3 is 2.52 bits per heavy atom. The Morgan fingerprint density at radius 1 is 1.26 bits per heavy atom. The molecule has 0 radical (unpaired) electrons. The first-order valence-corrected chi connectivity index (χ1v) is 10.2. The fraction of sp³-hybridized carbons (Fsp3) is 0.292. The summed E-state index contributed by atoms with van der Waals surface area (Å²) >= 11 is 0. The summed E-state index contributed by atoms with van der Waals surface area (Å²) in [5.41, 5.74) is 5.56. The first kappa shape index (κ1) is 22.1. The number of likely N-dealkylation sites (N-methyl/N-ethyl adjacent to an activating group) is 1. The van der Waals surface area contributed by atoms with Crippen LogP contribution in [0.15, 0.2) is 42.2 Å². The monoisotopic (exact) mass is 418 g/mol. The molecule has 1 aromatic heterocycles. The van der Waals surface area contributed by atoms with Crippen molar-refractivity contribution in [2.75, 3.05) is 18.9 Å². The summed E-state index contributed by atoms with van der Waals surface area (Å²) in [6.07, 6.45) is 0. The molecule has 0 spiro atoms. The van der Waals surface area contributed by atoms with Gasteiger partial charge in [0, 0.05) is 5.69 Å². The lowest BCUT2D eigenvalue weighted by Crippen LogP contribution is -3.13. The standard InChI is InChI=1S/C24H27N5O2/c1-14-10-15(2)22(16(3)11-14)28-21(30)13-29(5)17(4)23(31)18(12-25)24-26-19-8-6-7-9-20(19)27-24/h6-11,17,31H,13H2,1-5H3,(H,26,27)(H,28,30)/p+1/b23-18-/t17-/m1/s1. The number of imidazole rings is 1. The zero-order valence-electron chi connectivity index (χ0n) is 18.5. The van der Waals surface area contributed by atoms with Crippen LogP contribution in [0.25, 0.3) is 16.6 Å². The van der Waals surface area contributed by atoms with Crippen LogP contribution in [0, 0.1) is 32.1 Å². The first-order chi connectivity index (χ1) is 14.7. The van der Waals surface area contributed by atoms with Gasteiger partial charge in [-0.15, -0.1) is 0 Å². The Hall–Kier alpha value is -3.63. The number of quaternary nitrogens is 1. The highest BCUT2D eigenvalue weighted by molar-refractivity contribution is 5.93. The molecule has 0 aliphatic heterocycles. The van der Waals surface area contributed by atoms with E-state index < -0.39 is 6.04 Å². The molecule has 0 fully saturated rings. The molecule has 1 unspecified atom stereocenters. The molecule has 160 valence electrons. The fourth-order valence-electron chi connectivity index (χ4n) is 3.72. The third kappa shape index (κ3) is 4.76. The number of hydrogen-bond acceptors (Lipinski definition) is 4. The third-order valence-electron chi connectivity index (χ3n) is 5.52. The van der Waals surface area contributed by atoms with Crippen LogP contribution in [0.4, 0.5) is 5.69 Å². The van der Waals surface area contributed by atoms with E-state index in [0.717, 1.165) is 38.3 Å². The van der Waals surface area contributed by atoms with E-state index in [4.69, 9.17) is 0 Å². The maximum absolute atomic E-state index is 12.7. The predicted octanol–water partition coefficient (Wildman–Crippen LogP) is 2.82. The van der Waals surface area contributed by atoms with Gasteiger partial charge in [-0.2, -0.15) is 5.26 Å². The van der Waals surface area contributed by atoms with Gasteiger partial charge in [-0.05, 0) is 51.0 Å². The smallest absolute Gasteiger partial charge is 0.279 e. The molecule has 1 heterocycles. The molecule has 31 heavy (non-hydrogen) atoms. The van der Waals surface area contributed by atoms with E-state index in [1.807, 2.05) is 64.2 Å².